The maximum Gasteiger partial charge on any atom is 0.257 e. The van der Waals surface area contributed by atoms with E-state index in [1.165, 1.54) is 6.33 Å². The summed E-state index contributed by atoms with van der Waals surface area (Å²) in [6.45, 7) is 3.76. The summed E-state index contributed by atoms with van der Waals surface area (Å²) in [6.07, 6.45) is 2.97. The van der Waals surface area contributed by atoms with Crippen molar-refractivity contribution >= 4 is 11.8 Å². The highest BCUT2D eigenvalue weighted by molar-refractivity contribution is 5.96. The summed E-state index contributed by atoms with van der Waals surface area (Å²) < 4.78 is 5.17. The zero-order chi connectivity index (χ0) is 17.8. The number of piperazine rings is 1. The molecule has 2 amide bonds. The van der Waals surface area contributed by atoms with Crippen molar-refractivity contribution in [3.63, 3.8) is 0 Å². The number of hydrogen-bond donors (Lipinski definition) is 0. The van der Waals surface area contributed by atoms with E-state index in [1.807, 2.05) is 0 Å². The molecule has 1 saturated heterocycles. The molecule has 7 nitrogen and oxygen atoms in total. The first-order valence-electron chi connectivity index (χ1n) is 8.09. The number of carbonyl (C=O) groups excluding carboxylic acids is 2. The smallest absolute Gasteiger partial charge is 0.257 e. The van der Waals surface area contributed by atoms with Gasteiger partial charge in [0.1, 0.15) is 12.1 Å². The summed E-state index contributed by atoms with van der Waals surface area (Å²) in [5.41, 5.74) is 1.76. The molecular weight excluding hydrogens is 320 g/mol. The molecule has 1 aliphatic rings. The molecule has 0 saturated carbocycles. The monoisotopic (exact) mass is 340 g/mol. The molecule has 25 heavy (non-hydrogen) atoms. The van der Waals surface area contributed by atoms with E-state index in [0.717, 1.165) is 0 Å². The minimum absolute atomic E-state index is 0.0507. The van der Waals surface area contributed by atoms with Crippen molar-refractivity contribution < 1.29 is 14.3 Å². The van der Waals surface area contributed by atoms with Gasteiger partial charge in [-0.1, -0.05) is 6.07 Å². The second-order valence-electron chi connectivity index (χ2n) is 5.84. The van der Waals surface area contributed by atoms with Crippen LogP contribution in [0.25, 0.3) is 0 Å². The Labute approximate surface area is 146 Å². The third kappa shape index (κ3) is 3.60. The van der Waals surface area contributed by atoms with Gasteiger partial charge in [0, 0.05) is 37.9 Å². The van der Waals surface area contributed by atoms with Crippen LogP contribution in [0.2, 0.25) is 0 Å². The van der Waals surface area contributed by atoms with E-state index in [9.17, 15) is 9.59 Å². The zero-order valence-corrected chi connectivity index (χ0v) is 14.3. The molecule has 1 aliphatic heterocycles. The topological polar surface area (TPSA) is 75.6 Å². The van der Waals surface area contributed by atoms with Crippen LogP contribution in [0.5, 0.6) is 5.75 Å². The molecule has 0 radical (unpaired) electrons. The highest BCUT2D eigenvalue weighted by atomic mass is 16.5. The van der Waals surface area contributed by atoms with Gasteiger partial charge in [0.15, 0.2) is 0 Å². The molecule has 2 heterocycles. The van der Waals surface area contributed by atoms with Crippen molar-refractivity contribution in [2.24, 2.45) is 0 Å². The number of amides is 2. The van der Waals surface area contributed by atoms with Gasteiger partial charge in [-0.15, -0.1) is 0 Å². The largest absolute Gasteiger partial charge is 0.497 e. The molecule has 0 N–H and O–H groups in total. The van der Waals surface area contributed by atoms with Crippen LogP contribution >= 0.6 is 0 Å². The van der Waals surface area contributed by atoms with Crippen LogP contribution in [0.4, 0.5) is 0 Å². The fourth-order valence-corrected chi connectivity index (χ4v) is 2.82. The van der Waals surface area contributed by atoms with Crippen molar-refractivity contribution in [1.29, 1.82) is 0 Å². The highest BCUT2D eigenvalue weighted by Gasteiger charge is 2.26. The summed E-state index contributed by atoms with van der Waals surface area (Å²) in [6, 6.07) is 7.10. The molecule has 0 atom stereocenters. The lowest BCUT2D eigenvalue weighted by Crippen LogP contribution is -2.50. The van der Waals surface area contributed by atoms with Crippen LogP contribution in [0, 0.1) is 6.92 Å². The van der Waals surface area contributed by atoms with Gasteiger partial charge in [0.2, 0.25) is 0 Å². The number of rotatable bonds is 3. The first-order valence-corrected chi connectivity index (χ1v) is 8.09. The first kappa shape index (κ1) is 16.9. The van der Waals surface area contributed by atoms with Gasteiger partial charge < -0.3 is 14.5 Å². The fraction of sp³-hybridized carbons (Fsp3) is 0.333. The summed E-state index contributed by atoms with van der Waals surface area (Å²) in [5, 5.41) is 0. The SMILES string of the molecule is COc1cccc(C(=O)N2CCN(C(=O)c3cncnc3C)CC2)c1. The second-order valence-corrected chi connectivity index (χ2v) is 5.84. The molecule has 3 rings (SSSR count). The van der Waals surface area contributed by atoms with E-state index < -0.39 is 0 Å². The van der Waals surface area contributed by atoms with Gasteiger partial charge >= 0.3 is 0 Å². The average molecular weight is 340 g/mol. The molecule has 0 bridgehead atoms. The third-order valence-corrected chi connectivity index (χ3v) is 4.31. The second kappa shape index (κ2) is 7.29. The first-order chi connectivity index (χ1) is 12.1. The van der Waals surface area contributed by atoms with Crippen LogP contribution in [0.15, 0.2) is 36.8 Å². The molecule has 1 aromatic carbocycles. The van der Waals surface area contributed by atoms with Crippen LogP contribution in [-0.4, -0.2) is 64.9 Å². The van der Waals surface area contributed by atoms with E-state index in [-0.39, 0.29) is 11.8 Å². The Balaban J connectivity index is 1.64. The van der Waals surface area contributed by atoms with Crippen LogP contribution < -0.4 is 4.74 Å². The van der Waals surface area contributed by atoms with E-state index >= 15 is 0 Å². The number of hydrogen-bond acceptors (Lipinski definition) is 5. The normalized spacial score (nSPS) is 14.3. The number of nitrogens with zero attached hydrogens (tertiary/aromatic N) is 4. The van der Waals surface area contributed by atoms with Gasteiger partial charge in [-0.2, -0.15) is 0 Å². The Hall–Kier alpha value is -2.96. The summed E-state index contributed by atoms with van der Waals surface area (Å²) in [7, 11) is 1.57. The van der Waals surface area contributed by atoms with Crippen LogP contribution in [0.1, 0.15) is 26.4 Å². The molecule has 1 fully saturated rings. The van der Waals surface area contributed by atoms with E-state index in [1.54, 1.807) is 54.3 Å². The van der Waals surface area contributed by atoms with Crippen molar-refractivity contribution in [2.45, 2.75) is 6.92 Å². The number of methoxy groups -OCH3 is 1. The van der Waals surface area contributed by atoms with Gasteiger partial charge in [-0.25, -0.2) is 9.97 Å². The van der Waals surface area contributed by atoms with E-state index in [0.29, 0.717) is 48.7 Å². The average Bonchev–Trinajstić information content (AvgIpc) is 2.67. The lowest BCUT2D eigenvalue weighted by Gasteiger charge is -2.35. The predicted molar refractivity (Wildman–Crippen MR) is 91.6 cm³/mol. The predicted octanol–water partition coefficient (Wildman–Crippen LogP) is 1.39. The molecule has 0 aliphatic carbocycles. The molecule has 0 spiro atoms. The Morgan fingerprint density at radius 2 is 1.76 bits per heavy atom. The van der Waals surface area contributed by atoms with E-state index in [2.05, 4.69) is 9.97 Å². The van der Waals surface area contributed by atoms with Gasteiger partial charge in [0.25, 0.3) is 11.8 Å². The standard InChI is InChI=1S/C18H20N4O3/c1-13-16(11-19-12-20-13)18(24)22-8-6-21(7-9-22)17(23)14-4-3-5-15(10-14)25-2/h3-5,10-12H,6-9H2,1-2H3. The van der Waals surface area contributed by atoms with E-state index in [4.69, 9.17) is 4.74 Å². The summed E-state index contributed by atoms with van der Waals surface area (Å²) >= 11 is 0. The van der Waals surface area contributed by atoms with Crippen molar-refractivity contribution in [3.8, 4) is 5.75 Å². The maximum atomic E-state index is 12.6. The Bertz CT molecular complexity index is 785. The molecule has 130 valence electrons. The highest BCUT2D eigenvalue weighted by Crippen LogP contribution is 2.16. The van der Waals surface area contributed by atoms with Gasteiger partial charge in [-0.3, -0.25) is 9.59 Å². The molecule has 1 aromatic heterocycles. The number of aromatic nitrogens is 2. The fourth-order valence-electron chi connectivity index (χ4n) is 2.82. The number of carbonyl (C=O) groups is 2. The lowest BCUT2D eigenvalue weighted by atomic mass is 10.1. The van der Waals surface area contributed by atoms with Gasteiger partial charge in [-0.05, 0) is 25.1 Å². The molecule has 2 aromatic rings. The van der Waals surface area contributed by atoms with Crippen LogP contribution in [-0.2, 0) is 0 Å². The number of ether oxygens (including phenoxy) is 1. The number of benzene rings is 1. The summed E-state index contributed by atoms with van der Waals surface area (Å²) in [5.74, 6) is 0.510. The maximum absolute atomic E-state index is 12.6. The zero-order valence-electron chi connectivity index (χ0n) is 14.3. The van der Waals surface area contributed by atoms with Crippen LogP contribution in [0.3, 0.4) is 0 Å². The third-order valence-electron chi connectivity index (χ3n) is 4.31. The minimum Gasteiger partial charge on any atom is -0.497 e. The van der Waals surface area contributed by atoms with Crippen molar-refractivity contribution in [1.82, 2.24) is 19.8 Å². The molecule has 0 unspecified atom stereocenters. The Morgan fingerprint density at radius 3 is 2.40 bits per heavy atom. The van der Waals surface area contributed by atoms with Gasteiger partial charge in [0.05, 0.1) is 18.4 Å². The summed E-state index contributed by atoms with van der Waals surface area (Å²) in [4.78, 5) is 36.7. The Morgan fingerprint density at radius 1 is 1.08 bits per heavy atom. The minimum atomic E-state index is -0.0911. The molecular formula is C18H20N4O3. The molecule has 7 heteroatoms. The lowest BCUT2D eigenvalue weighted by molar-refractivity contribution is 0.0534. The van der Waals surface area contributed by atoms with Crippen molar-refractivity contribution in [2.75, 3.05) is 33.3 Å². The van der Waals surface area contributed by atoms with Crippen molar-refractivity contribution in [3.05, 3.63) is 53.6 Å². The number of aryl methyl sites for hydroxylation is 1. The Kier molecular flexibility index (Phi) is 4.92. The quantitative estimate of drug-likeness (QED) is 0.844.